The van der Waals surface area contributed by atoms with Gasteiger partial charge in [0, 0.05) is 17.2 Å². The summed E-state index contributed by atoms with van der Waals surface area (Å²) in [4.78, 5) is 12.0. The van der Waals surface area contributed by atoms with E-state index in [4.69, 9.17) is 21.1 Å². The monoisotopic (exact) mass is 316 g/mol. The Morgan fingerprint density at radius 2 is 2.00 bits per heavy atom. The number of fused-ring (bicyclic) bond motifs is 1. The molecule has 1 aliphatic rings. The molecule has 0 atom stereocenters. The highest BCUT2D eigenvalue weighted by Gasteiger charge is 2.15. The van der Waals surface area contributed by atoms with Crippen molar-refractivity contribution in [1.82, 2.24) is 5.43 Å². The first-order valence-electron chi connectivity index (χ1n) is 6.63. The molecule has 0 fully saturated rings. The van der Waals surface area contributed by atoms with Crippen LogP contribution in [0.2, 0.25) is 5.02 Å². The number of nitrogens with zero attached hydrogens (tertiary/aromatic N) is 1. The van der Waals surface area contributed by atoms with Gasteiger partial charge in [-0.25, -0.2) is 5.43 Å². The fourth-order valence-corrected chi connectivity index (χ4v) is 2.28. The standard InChI is InChI=1S/C16H13ClN2O3/c1-10-4-2-3-5-12(10)16(20)19-18-8-11-6-14-15(7-13(11)17)22-9-21-14/h2-8H,9H2,1H3,(H,19,20)/b18-8-. The van der Waals surface area contributed by atoms with Crippen molar-refractivity contribution in [3.05, 3.63) is 58.1 Å². The van der Waals surface area contributed by atoms with Gasteiger partial charge in [-0.15, -0.1) is 0 Å². The van der Waals surface area contributed by atoms with Gasteiger partial charge in [0.15, 0.2) is 11.5 Å². The molecule has 0 bridgehead atoms. The first kappa shape index (κ1) is 14.4. The van der Waals surface area contributed by atoms with Crippen molar-refractivity contribution in [1.29, 1.82) is 0 Å². The van der Waals surface area contributed by atoms with Gasteiger partial charge < -0.3 is 9.47 Å². The zero-order valence-corrected chi connectivity index (χ0v) is 12.6. The lowest BCUT2D eigenvalue weighted by atomic mass is 10.1. The summed E-state index contributed by atoms with van der Waals surface area (Å²) >= 11 is 6.13. The number of hydrazone groups is 1. The molecule has 0 spiro atoms. The molecule has 1 amide bonds. The van der Waals surface area contributed by atoms with E-state index in [2.05, 4.69) is 10.5 Å². The first-order chi connectivity index (χ1) is 10.6. The number of halogens is 1. The summed E-state index contributed by atoms with van der Waals surface area (Å²) in [6.45, 7) is 2.05. The summed E-state index contributed by atoms with van der Waals surface area (Å²) in [7, 11) is 0. The van der Waals surface area contributed by atoms with Gasteiger partial charge in [-0.05, 0) is 24.6 Å². The summed E-state index contributed by atoms with van der Waals surface area (Å²) < 4.78 is 10.5. The number of carbonyl (C=O) groups excluding carboxylic acids is 1. The van der Waals surface area contributed by atoms with E-state index < -0.39 is 0 Å². The summed E-state index contributed by atoms with van der Waals surface area (Å²) in [5, 5.41) is 4.41. The van der Waals surface area contributed by atoms with Crippen molar-refractivity contribution in [2.24, 2.45) is 5.10 Å². The summed E-state index contributed by atoms with van der Waals surface area (Å²) in [5.74, 6) is 0.938. The highest BCUT2D eigenvalue weighted by Crippen LogP contribution is 2.36. The van der Waals surface area contributed by atoms with Gasteiger partial charge >= 0.3 is 0 Å². The number of aryl methyl sites for hydroxylation is 1. The Bertz CT molecular complexity index is 759. The van der Waals surface area contributed by atoms with Crippen LogP contribution in [0.4, 0.5) is 0 Å². The van der Waals surface area contributed by atoms with Crippen LogP contribution in [-0.2, 0) is 0 Å². The van der Waals surface area contributed by atoms with Gasteiger partial charge in [0.25, 0.3) is 5.91 Å². The van der Waals surface area contributed by atoms with Crippen LogP contribution in [0.5, 0.6) is 11.5 Å². The van der Waals surface area contributed by atoms with Gasteiger partial charge in [0.1, 0.15) is 0 Å². The second-order valence-electron chi connectivity index (χ2n) is 4.74. The van der Waals surface area contributed by atoms with E-state index in [0.29, 0.717) is 27.6 Å². The van der Waals surface area contributed by atoms with Crippen molar-refractivity contribution in [2.45, 2.75) is 6.92 Å². The van der Waals surface area contributed by atoms with Gasteiger partial charge in [-0.3, -0.25) is 4.79 Å². The third kappa shape index (κ3) is 2.89. The van der Waals surface area contributed by atoms with Crippen molar-refractivity contribution in [3.63, 3.8) is 0 Å². The Hall–Kier alpha value is -2.53. The lowest BCUT2D eigenvalue weighted by Gasteiger charge is -2.04. The quantitative estimate of drug-likeness (QED) is 0.699. The largest absolute Gasteiger partial charge is 0.454 e. The average molecular weight is 317 g/mol. The number of hydrogen-bond donors (Lipinski definition) is 1. The van der Waals surface area contributed by atoms with Crippen molar-refractivity contribution >= 4 is 23.7 Å². The maximum absolute atomic E-state index is 12.0. The van der Waals surface area contributed by atoms with E-state index >= 15 is 0 Å². The lowest BCUT2D eigenvalue weighted by molar-refractivity contribution is 0.0954. The molecule has 0 aliphatic carbocycles. The molecule has 0 saturated heterocycles. The van der Waals surface area contributed by atoms with E-state index in [0.717, 1.165) is 5.56 Å². The predicted molar refractivity (Wildman–Crippen MR) is 83.8 cm³/mol. The van der Waals surface area contributed by atoms with E-state index in [1.54, 1.807) is 24.3 Å². The molecular formula is C16H13ClN2O3. The molecule has 22 heavy (non-hydrogen) atoms. The topological polar surface area (TPSA) is 59.9 Å². The van der Waals surface area contributed by atoms with Gasteiger partial charge in [0.05, 0.1) is 11.2 Å². The molecule has 1 N–H and O–H groups in total. The molecule has 0 aromatic heterocycles. The number of amides is 1. The number of rotatable bonds is 3. The second-order valence-corrected chi connectivity index (χ2v) is 5.15. The zero-order valence-electron chi connectivity index (χ0n) is 11.8. The number of ether oxygens (including phenoxy) is 2. The van der Waals surface area contributed by atoms with Crippen LogP contribution in [0, 0.1) is 6.92 Å². The van der Waals surface area contributed by atoms with E-state index in [1.165, 1.54) is 6.21 Å². The maximum Gasteiger partial charge on any atom is 0.271 e. The third-order valence-corrected chi connectivity index (χ3v) is 3.58. The Morgan fingerprint density at radius 3 is 2.77 bits per heavy atom. The third-order valence-electron chi connectivity index (χ3n) is 3.25. The number of hydrogen-bond acceptors (Lipinski definition) is 4. The smallest absolute Gasteiger partial charge is 0.271 e. The normalized spacial score (nSPS) is 12.6. The molecule has 2 aromatic rings. The minimum atomic E-state index is -0.272. The number of nitrogens with one attached hydrogen (secondary N) is 1. The fraction of sp³-hybridized carbons (Fsp3) is 0.125. The van der Waals surface area contributed by atoms with Crippen LogP contribution in [0.25, 0.3) is 0 Å². The highest BCUT2D eigenvalue weighted by atomic mass is 35.5. The Morgan fingerprint density at radius 1 is 1.27 bits per heavy atom. The molecule has 5 nitrogen and oxygen atoms in total. The van der Waals surface area contributed by atoms with E-state index in [1.807, 2.05) is 19.1 Å². The Kier molecular flexibility index (Phi) is 3.98. The minimum absolute atomic E-state index is 0.177. The van der Waals surface area contributed by atoms with Gasteiger partial charge in [-0.1, -0.05) is 29.8 Å². The Labute approximate surface area is 132 Å². The molecule has 1 aliphatic heterocycles. The SMILES string of the molecule is Cc1ccccc1C(=O)N/N=C\c1cc2c(cc1Cl)OCO2. The molecule has 3 rings (SSSR count). The second kappa shape index (κ2) is 6.07. The molecule has 0 unspecified atom stereocenters. The molecular weight excluding hydrogens is 304 g/mol. The molecule has 0 radical (unpaired) electrons. The van der Waals surface area contributed by atoms with E-state index in [9.17, 15) is 4.79 Å². The van der Waals surface area contributed by atoms with Crippen LogP contribution in [0.15, 0.2) is 41.5 Å². The van der Waals surface area contributed by atoms with Gasteiger partial charge in [-0.2, -0.15) is 5.10 Å². The summed E-state index contributed by atoms with van der Waals surface area (Å²) in [6.07, 6.45) is 1.47. The molecule has 112 valence electrons. The minimum Gasteiger partial charge on any atom is -0.454 e. The van der Waals surface area contributed by atoms with Crippen LogP contribution < -0.4 is 14.9 Å². The molecule has 2 aromatic carbocycles. The van der Waals surface area contributed by atoms with Crippen molar-refractivity contribution in [2.75, 3.05) is 6.79 Å². The fourth-order valence-electron chi connectivity index (χ4n) is 2.08. The van der Waals surface area contributed by atoms with Crippen LogP contribution >= 0.6 is 11.6 Å². The first-order valence-corrected chi connectivity index (χ1v) is 7.01. The maximum atomic E-state index is 12.0. The van der Waals surface area contributed by atoms with Crippen molar-refractivity contribution < 1.29 is 14.3 Å². The van der Waals surface area contributed by atoms with Crippen LogP contribution in [-0.4, -0.2) is 18.9 Å². The van der Waals surface area contributed by atoms with Gasteiger partial charge in [0.2, 0.25) is 6.79 Å². The molecule has 1 heterocycles. The molecule has 6 heteroatoms. The van der Waals surface area contributed by atoms with Crippen LogP contribution in [0.3, 0.4) is 0 Å². The number of benzene rings is 2. The summed E-state index contributed by atoms with van der Waals surface area (Å²) in [6, 6.07) is 10.7. The summed E-state index contributed by atoms with van der Waals surface area (Å²) in [5.41, 5.74) is 4.58. The zero-order chi connectivity index (χ0) is 15.5. The van der Waals surface area contributed by atoms with Crippen molar-refractivity contribution in [3.8, 4) is 11.5 Å². The average Bonchev–Trinajstić information content (AvgIpc) is 2.94. The highest BCUT2D eigenvalue weighted by molar-refractivity contribution is 6.33. The lowest BCUT2D eigenvalue weighted by Crippen LogP contribution is -2.18. The molecule has 0 saturated carbocycles. The van der Waals surface area contributed by atoms with Crippen LogP contribution in [0.1, 0.15) is 21.5 Å². The Balaban J connectivity index is 1.73. The predicted octanol–water partition coefficient (Wildman–Crippen LogP) is 3.14. The van der Waals surface area contributed by atoms with E-state index in [-0.39, 0.29) is 12.7 Å². The number of carbonyl (C=O) groups is 1.